The molecule has 0 aliphatic carbocycles. The maximum Gasteiger partial charge on any atom is 0.417 e. The van der Waals surface area contributed by atoms with Gasteiger partial charge in [-0.3, -0.25) is 9.69 Å². The smallest absolute Gasteiger partial charge is 0.368 e. The molecular formula is C19H19ClF3N3O3S. The van der Waals surface area contributed by atoms with Gasteiger partial charge in [0.2, 0.25) is 15.9 Å². The number of hydrogen-bond acceptors (Lipinski definition) is 4. The predicted molar refractivity (Wildman–Crippen MR) is 105 cm³/mol. The fourth-order valence-electron chi connectivity index (χ4n) is 3.42. The van der Waals surface area contributed by atoms with Gasteiger partial charge in [-0.05, 0) is 23.8 Å². The summed E-state index contributed by atoms with van der Waals surface area (Å²) in [5.74, 6) is -0.565. The molecule has 1 fully saturated rings. The van der Waals surface area contributed by atoms with Gasteiger partial charge in [0, 0.05) is 26.2 Å². The van der Waals surface area contributed by atoms with Gasteiger partial charge in [0.25, 0.3) is 0 Å². The van der Waals surface area contributed by atoms with Crippen LogP contribution in [0.1, 0.15) is 17.2 Å². The zero-order chi connectivity index (χ0) is 22.1. The highest BCUT2D eigenvalue weighted by molar-refractivity contribution is 7.89. The van der Waals surface area contributed by atoms with Crippen LogP contribution in [0.5, 0.6) is 0 Å². The highest BCUT2D eigenvalue weighted by atomic mass is 35.5. The van der Waals surface area contributed by atoms with E-state index in [4.69, 9.17) is 17.3 Å². The van der Waals surface area contributed by atoms with Gasteiger partial charge < -0.3 is 5.73 Å². The first-order chi connectivity index (χ1) is 14.0. The predicted octanol–water partition coefficient (Wildman–Crippen LogP) is 2.89. The Labute approximate surface area is 177 Å². The summed E-state index contributed by atoms with van der Waals surface area (Å²) in [5.41, 5.74) is 5.03. The van der Waals surface area contributed by atoms with Gasteiger partial charge in [-0.2, -0.15) is 17.5 Å². The van der Waals surface area contributed by atoms with E-state index in [1.807, 2.05) is 0 Å². The third-order valence-electron chi connectivity index (χ3n) is 4.90. The molecule has 3 rings (SSSR count). The SMILES string of the molecule is NC(=O)C(c1ccccc1)N1CCN(S(=O)(=O)c2ccc(Cl)c(C(F)(F)F)c2)CC1. The van der Waals surface area contributed by atoms with E-state index in [1.54, 1.807) is 35.2 Å². The highest BCUT2D eigenvalue weighted by Gasteiger charge is 2.37. The zero-order valence-corrected chi connectivity index (χ0v) is 17.2. The van der Waals surface area contributed by atoms with Crippen LogP contribution in [0.3, 0.4) is 0 Å². The lowest BCUT2D eigenvalue weighted by molar-refractivity contribution is -0.137. The lowest BCUT2D eigenvalue weighted by atomic mass is 10.0. The number of alkyl halides is 3. The van der Waals surface area contributed by atoms with Crippen molar-refractivity contribution < 1.29 is 26.4 Å². The van der Waals surface area contributed by atoms with Crippen LogP contribution in [-0.2, 0) is 21.0 Å². The highest BCUT2D eigenvalue weighted by Crippen LogP contribution is 2.36. The summed E-state index contributed by atoms with van der Waals surface area (Å²) in [6.45, 7) is 0.398. The van der Waals surface area contributed by atoms with Gasteiger partial charge >= 0.3 is 6.18 Å². The van der Waals surface area contributed by atoms with Gasteiger partial charge in [0.15, 0.2) is 0 Å². The Kier molecular flexibility index (Phi) is 6.42. The first-order valence-electron chi connectivity index (χ1n) is 8.97. The average Bonchev–Trinajstić information content (AvgIpc) is 2.68. The van der Waals surface area contributed by atoms with E-state index in [-0.39, 0.29) is 26.2 Å². The average molecular weight is 462 g/mol. The standard InChI is InChI=1S/C19H19ClF3N3O3S/c20-16-7-6-14(12-15(16)19(21,22)23)30(28,29)26-10-8-25(9-11-26)17(18(24)27)13-4-2-1-3-5-13/h1-7,12,17H,8-11H2,(H2,24,27). The molecule has 162 valence electrons. The van der Waals surface area contributed by atoms with Crippen LogP contribution in [0, 0.1) is 0 Å². The molecule has 1 atom stereocenters. The zero-order valence-electron chi connectivity index (χ0n) is 15.6. The number of halogens is 4. The Morgan fingerprint density at radius 3 is 2.17 bits per heavy atom. The number of carbonyl (C=O) groups is 1. The summed E-state index contributed by atoms with van der Waals surface area (Å²) in [7, 11) is -4.16. The molecule has 11 heteroatoms. The summed E-state index contributed by atoms with van der Waals surface area (Å²) in [5, 5.41) is -0.571. The van der Waals surface area contributed by atoms with Crippen LogP contribution in [0.25, 0.3) is 0 Å². The second-order valence-electron chi connectivity index (χ2n) is 6.80. The number of amides is 1. The number of primary amides is 1. The molecule has 2 aromatic rings. The molecule has 1 amide bonds. The third-order valence-corrected chi connectivity index (χ3v) is 7.13. The van der Waals surface area contributed by atoms with Crippen LogP contribution >= 0.6 is 11.6 Å². The number of hydrogen-bond donors (Lipinski definition) is 1. The summed E-state index contributed by atoms with van der Waals surface area (Å²) in [4.78, 5) is 13.3. The van der Waals surface area contributed by atoms with Gasteiger partial charge in [-0.1, -0.05) is 41.9 Å². The maximum absolute atomic E-state index is 13.1. The van der Waals surface area contributed by atoms with Crippen LogP contribution in [-0.4, -0.2) is 49.7 Å². The van der Waals surface area contributed by atoms with E-state index in [9.17, 15) is 26.4 Å². The minimum atomic E-state index is -4.77. The maximum atomic E-state index is 13.1. The van der Waals surface area contributed by atoms with Crippen molar-refractivity contribution in [2.45, 2.75) is 17.1 Å². The Balaban J connectivity index is 1.79. The summed E-state index contributed by atoms with van der Waals surface area (Å²) >= 11 is 5.58. The summed E-state index contributed by atoms with van der Waals surface area (Å²) < 4.78 is 66.1. The largest absolute Gasteiger partial charge is 0.417 e. The minimum Gasteiger partial charge on any atom is -0.368 e. The van der Waals surface area contributed by atoms with Crippen molar-refractivity contribution in [2.24, 2.45) is 5.73 Å². The Morgan fingerprint density at radius 2 is 1.63 bits per heavy atom. The van der Waals surface area contributed by atoms with Crippen molar-refractivity contribution in [3.05, 3.63) is 64.7 Å². The third kappa shape index (κ3) is 4.61. The monoisotopic (exact) mass is 461 g/mol. The lowest BCUT2D eigenvalue weighted by Crippen LogP contribution is -2.51. The van der Waals surface area contributed by atoms with Crippen molar-refractivity contribution in [2.75, 3.05) is 26.2 Å². The van der Waals surface area contributed by atoms with E-state index in [0.29, 0.717) is 11.6 Å². The number of nitrogens with zero attached hydrogens (tertiary/aromatic N) is 2. The van der Waals surface area contributed by atoms with E-state index >= 15 is 0 Å². The van der Waals surface area contributed by atoms with Crippen molar-refractivity contribution in [1.29, 1.82) is 0 Å². The molecule has 30 heavy (non-hydrogen) atoms. The molecule has 2 aromatic carbocycles. The molecule has 0 aromatic heterocycles. The number of nitrogens with two attached hydrogens (primary N) is 1. The molecule has 1 saturated heterocycles. The Bertz CT molecular complexity index is 1020. The molecule has 0 saturated carbocycles. The van der Waals surface area contributed by atoms with E-state index in [0.717, 1.165) is 16.4 Å². The van der Waals surface area contributed by atoms with E-state index in [1.165, 1.54) is 0 Å². The molecule has 0 radical (unpaired) electrons. The lowest BCUT2D eigenvalue weighted by Gasteiger charge is -2.37. The van der Waals surface area contributed by atoms with Crippen LogP contribution in [0.2, 0.25) is 5.02 Å². The van der Waals surface area contributed by atoms with Crippen LogP contribution in [0.4, 0.5) is 13.2 Å². The van der Waals surface area contributed by atoms with Crippen molar-refractivity contribution in [3.63, 3.8) is 0 Å². The van der Waals surface area contributed by atoms with Crippen molar-refractivity contribution in [3.8, 4) is 0 Å². The molecule has 2 N–H and O–H groups in total. The molecule has 0 bridgehead atoms. The Hall–Kier alpha value is -2.14. The first kappa shape index (κ1) is 22.5. The second kappa shape index (κ2) is 8.54. The summed E-state index contributed by atoms with van der Waals surface area (Å²) in [6, 6.07) is 10.6. The molecule has 1 unspecified atom stereocenters. The second-order valence-corrected chi connectivity index (χ2v) is 9.14. The summed E-state index contributed by atoms with van der Waals surface area (Å²) in [6.07, 6.45) is -4.77. The fourth-order valence-corrected chi connectivity index (χ4v) is 5.10. The quantitative estimate of drug-likeness (QED) is 0.742. The van der Waals surface area contributed by atoms with Gasteiger partial charge in [-0.15, -0.1) is 0 Å². The fraction of sp³-hybridized carbons (Fsp3) is 0.316. The molecule has 1 heterocycles. The molecule has 1 aliphatic rings. The number of piperazine rings is 1. The van der Waals surface area contributed by atoms with E-state index < -0.39 is 43.6 Å². The van der Waals surface area contributed by atoms with Gasteiger partial charge in [0.05, 0.1) is 15.5 Å². The van der Waals surface area contributed by atoms with Crippen LogP contribution < -0.4 is 5.73 Å². The number of rotatable bonds is 5. The molecule has 6 nitrogen and oxygen atoms in total. The number of sulfonamides is 1. The van der Waals surface area contributed by atoms with Gasteiger partial charge in [0.1, 0.15) is 6.04 Å². The minimum absolute atomic E-state index is 0.00290. The molecule has 1 aliphatic heterocycles. The first-order valence-corrected chi connectivity index (χ1v) is 10.8. The van der Waals surface area contributed by atoms with Crippen LogP contribution in [0.15, 0.2) is 53.4 Å². The van der Waals surface area contributed by atoms with Gasteiger partial charge in [-0.25, -0.2) is 8.42 Å². The molecular weight excluding hydrogens is 443 g/mol. The Morgan fingerprint density at radius 1 is 1.03 bits per heavy atom. The normalized spacial score (nSPS) is 17.6. The molecule has 0 spiro atoms. The number of carbonyl (C=O) groups excluding carboxylic acids is 1. The van der Waals surface area contributed by atoms with Crippen molar-refractivity contribution in [1.82, 2.24) is 9.21 Å². The topological polar surface area (TPSA) is 83.7 Å². The van der Waals surface area contributed by atoms with E-state index in [2.05, 4.69) is 0 Å². The number of benzene rings is 2. The van der Waals surface area contributed by atoms with Crippen molar-refractivity contribution >= 4 is 27.5 Å².